The van der Waals surface area contributed by atoms with Gasteiger partial charge in [-0.15, -0.1) is 0 Å². The smallest absolute Gasteiger partial charge is 0.203 e. The van der Waals surface area contributed by atoms with Crippen molar-refractivity contribution in [2.24, 2.45) is 0 Å². The van der Waals surface area contributed by atoms with Crippen LogP contribution in [0.5, 0.6) is 115 Å². The van der Waals surface area contributed by atoms with Crippen LogP contribution in [0.3, 0.4) is 0 Å². The Morgan fingerprint density at radius 1 is 0.210 bits per heavy atom. The topological polar surface area (TPSA) is 571 Å². The third kappa shape index (κ3) is 42.0. The predicted octanol–water partition coefficient (Wildman–Crippen LogP) is 14.2. The number of aromatic hydroxyl groups is 12. The zero-order valence-corrected chi connectivity index (χ0v) is 81.8. The van der Waals surface area contributed by atoms with E-state index >= 15 is 0 Å². The Bertz CT molecular complexity index is 5270. The molecule has 0 unspecified atom stereocenters. The first kappa shape index (κ1) is 122. The summed E-state index contributed by atoms with van der Waals surface area (Å²) >= 11 is 0. The average molecular weight is 1930 g/mol. The molecule has 756 valence electrons. The van der Waals surface area contributed by atoms with Crippen LogP contribution in [0.1, 0.15) is 204 Å². The van der Waals surface area contributed by atoms with Crippen LogP contribution in [0.4, 0.5) is 0 Å². The highest BCUT2D eigenvalue weighted by atomic mass is 16.5. The SMILES string of the molecule is CC(=O)CCc1ccc(O)c(O)c1CO.CC(=O)CCc1ccc(O)c(O)c1O.COc1c(C)ccc(CCC(C)=O)c1CO.COc1c(O)ccc(CCC(C)=O)c1CO.COc1c(O)ccc(CCC(C)=O)c1CO.COc1ccc(CCC(C)=O)c(CO)c1O.COc1ccc(CCC(C)=O)c(O)c1.COc1ccc(CCC(C)=O)c(O)c1O.COc1ccc(CCC(C)=O)c(O)c1OC. The summed E-state index contributed by atoms with van der Waals surface area (Å²) in [7, 11) is 11.8. The Morgan fingerprint density at radius 2 is 0.457 bits per heavy atom. The van der Waals surface area contributed by atoms with Crippen molar-refractivity contribution < 1.29 is 168 Å². The number of ether oxygens (including phenoxy) is 8. The second kappa shape index (κ2) is 64.7. The van der Waals surface area contributed by atoms with Crippen LogP contribution in [0.25, 0.3) is 0 Å². The monoisotopic (exact) mass is 1930 g/mol. The van der Waals surface area contributed by atoms with Crippen LogP contribution in [0.15, 0.2) is 115 Å². The number of aliphatic hydroxyl groups is 5. The van der Waals surface area contributed by atoms with Crippen molar-refractivity contribution in [2.45, 2.75) is 218 Å². The lowest BCUT2D eigenvalue weighted by atomic mass is 9.98. The number of phenolic OH excluding ortho intramolecular Hbond substituents is 10. The molecule has 34 nitrogen and oxygen atoms in total. The van der Waals surface area contributed by atoms with E-state index in [0.29, 0.717) is 178 Å². The fraction of sp³-hybridized carbons (Fsp3) is 0.394. The van der Waals surface area contributed by atoms with Gasteiger partial charge in [0.05, 0.1) is 89.9 Å². The molecule has 0 saturated heterocycles. The van der Waals surface area contributed by atoms with E-state index in [-0.39, 0.29) is 171 Å². The molecule has 0 saturated carbocycles. The molecule has 0 aliphatic heterocycles. The first-order chi connectivity index (χ1) is 65.2. The molecular formula is C104H136O34. The average Bonchev–Trinajstić information content (AvgIpc) is 0.826. The number of rotatable bonds is 40. The van der Waals surface area contributed by atoms with Gasteiger partial charge in [-0.3, -0.25) is 0 Å². The Balaban J connectivity index is 0.000000777. The van der Waals surface area contributed by atoms with E-state index in [0.717, 1.165) is 44.7 Å². The van der Waals surface area contributed by atoms with Crippen LogP contribution in [0.2, 0.25) is 0 Å². The van der Waals surface area contributed by atoms with Crippen molar-refractivity contribution in [1.82, 2.24) is 0 Å². The van der Waals surface area contributed by atoms with Crippen LogP contribution in [-0.4, -0.2) is 196 Å². The summed E-state index contributed by atoms with van der Waals surface area (Å²) in [6, 6.07) is 31.2. The van der Waals surface area contributed by atoms with Crippen molar-refractivity contribution in [3.05, 3.63) is 199 Å². The van der Waals surface area contributed by atoms with Gasteiger partial charge in [-0.25, -0.2) is 0 Å². The van der Waals surface area contributed by atoms with E-state index in [9.17, 15) is 115 Å². The van der Waals surface area contributed by atoms with Gasteiger partial charge in [0.2, 0.25) is 17.2 Å². The van der Waals surface area contributed by atoms with Crippen molar-refractivity contribution in [3.8, 4) is 115 Å². The Hall–Kier alpha value is -14.2. The lowest BCUT2D eigenvalue weighted by Gasteiger charge is -2.14. The molecule has 9 aromatic rings. The second-order valence-electron chi connectivity index (χ2n) is 31.4. The summed E-state index contributed by atoms with van der Waals surface area (Å²) in [5.41, 5.74) is 10.2. The summed E-state index contributed by atoms with van der Waals surface area (Å²) in [5.74, 6) is 1.85. The van der Waals surface area contributed by atoms with E-state index in [1.807, 2.05) is 19.1 Å². The van der Waals surface area contributed by atoms with Crippen molar-refractivity contribution >= 4 is 52.0 Å². The van der Waals surface area contributed by atoms with Crippen molar-refractivity contribution in [1.29, 1.82) is 0 Å². The Morgan fingerprint density at radius 3 is 0.775 bits per heavy atom. The lowest BCUT2D eigenvalue weighted by Crippen LogP contribution is -2.02. The molecule has 34 heteroatoms. The molecule has 9 rings (SSSR count). The second-order valence-corrected chi connectivity index (χ2v) is 31.4. The maximum absolute atomic E-state index is 10.9. The van der Waals surface area contributed by atoms with Crippen LogP contribution < -0.4 is 37.9 Å². The fourth-order valence-electron chi connectivity index (χ4n) is 13.0. The number of hydrogen-bond acceptors (Lipinski definition) is 34. The molecule has 0 amide bonds. The zero-order chi connectivity index (χ0) is 105. The van der Waals surface area contributed by atoms with E-state index in [1.165, 1.54) is 121 Å². The first-order valence-electron chi connectivity index (χ1n) is 43.7. The maximum Gasteiger partial charge on any atom is 0.203 e. The predicted molar refractivity (Wildman–Crippen MR) is 516 cm³/mol. The highest BCUT2D eigenvalue weighted by Crippen LogP contribution is 2.43. The van der Waals surface area contributed by atoms with Crippen LogP contribution in [0, 0.1) is 6.92 Å². The number of ketones is 9. The van der Waals surface area contributed by atoms with Crippen LogP contribution in [-0.2, 0) is 134 Å². The van der Waals surface area contributed by atoms with Crippen molar-refractivity contribution in [2.75, 3.05) is 56.9 Å². The molecule has 0 spiro atoms. The number of benzene rings is 9. The molecule has 138 heavy (non-hydrogen) atoms. The summed E-state index contributed by atoms with van der Waals surface area (Å²) in [6.45, 7) is 14.5. The molecule has 0 atom stereocenters. The fourth-order valence-corrected chi connectivity index (χ4v) is 13.0. The molecule has 0 aromatic heterocycles. The minimum Gasteiger partial charge on any atom is -0.508 e. The number of carbonyl (C=O) groups is 9. The van der Waals surface area contributed by atoms with Gasteiger partial charge in [0, 0.05) is 91.7 Å². The number of hydrogen-bond donors (Lipinski definition) is 17. The number of aryl methyl sites for hydroxylation is 10. The quantitative estimate of drug-likeness (QED) is 0.0159. The Kier molecular flexibility index (Phi) is 57.1. The summed E-state index contributed by atoms with van der Waals surface area (Å²) in [5, 5.41) is 160. The molecule has 0 aliphatic rings. The highest BCUT2D eigenvalue weighted by Gasteiger charge is 2.21. The minimum atomic E-state index is -0.536. The largest absolute Gasteiger partial charge is 0.508 e. The third-order valence-electron chi connectivity index (χ3n) is 20.8. The first-order valence-corrected chi connectivity index (χ1v) is 43.7. The van der Waals surface area contributed by atoms with E-state index in [1.54, 1.807) is 101 Å². The highest BCUT2D eigenvalue weighted by molar-refractivity contribution is 5.80. The van der Waals surface area contributed by atoms with Crippen LogP contribution >= 0.6 is 0 Å². The number of Topliss-reactive ketones (excluding diaryl/α,β-unsaturated/α-hetero) is 9. The normalized spacial score (nSPS) is 10.1. The van der Waals surface area contributed by atoms with E-state index < -0.39 is 5.75 Å². The molecule has 9 aromatic carbocycles. The van der Waals surface area contributed by atoms with Gasteiger partial charge in [-0.1, -0.05) is 60.7 Å². The maximum atomic E-state index is 10.9. The van der Waals surface area contributed by atoms with Gasteiger partial charge in [0.15, 0.2) is 80.5 Å². The Labute approximate surface area is 804 Å². The molecule has 0 radical (unpaired) electrons. The number of phenols is 12. The molecule has 17 N–H and O–H groups in total. The minimum absolute atomic E-state index is 0.00174. The van der Waals surface area contributed by atoms with Gasteiger partial charge in [0.1, 0.15) is 69.3 Å². The molecular weight excluding hydrogens is 1790 g/mol. The number of aliphatic hydroxyl groups excluding tert-OH is 5. The van der Waals surface area contributed by atoms with Gasteiger partial charge in [-0.2, -0.15) is 0 Å². The van der Waals surface area contributed by atoms with E-state index in [2.05, 4.69) is 0 Å². The molecule has 0 aliphatic carbocycles. The van der Waals surface area contributed by atoms with Gasteiger partial charge in [-0.05, 0) is 231 Å². The third-order valence-corrected chi connectivity index (χ3v) is 20.8. The summed E-state index contributed by atoms with van der Waals surface area (Å²) < 4.78 is 40.1. The lowest BCUT2D eigenvalue weighted by molar-refractivity contribution is -0.117. The summed E-state index contributed by atoms with van der Waals surface area (Å²) in [6.07, 6.45) is 8.17. The summed E-state index contributed by atoms with van der Waals surface area (Å²) in [4.78, 5) is 97.5. The molecule has 0 fully saturated rings. The number of methoxy groups -OCH3 is 8. The molecule has 0 bridgehead atoms. The van der Waals surface area contributed by atoms with Gasteiger partial charge in [0.25, 0.3) is 0 Å². The standard InChI is InChI=1S/C13H18O3.4C12H16O4.2C11H14O4.C11H14O3.C10H12O4/c1-9-4-6-11(7-5-10(2)15)12(8-14)13(9)16-3;1-8(13)4-5-9-6-7-10(15-2)12(16-3)11(9)14;1-8(14)3-4-9-5-6-11(16-2)12(15)10(9)7-13;2*1-8(14)3-4-9-5-6-11(15)12(16-2)10(9)7-13;1-7(12)3-4-8-5-6-9(15-2)11(14)10(8)13;1-7(13)2-3-8-4-5-10(14)11(15)9(8)6-12;1-8(12)3-4-9-5-6-10(14-2)7-11(9)13;1-6(11)2-3-7-4-5-8(12)10(14)9(7)13/h4,6,14H,5,7-8H2,1-3H3;6-7,14H,4-5H2,1-3H3;3*5-6,13,15H,3-4,7H2,1-2H3;5-6,13-14H,3-4H2,1-2H3;4-5,12,14-15H,2-3,6H2,1H3;5-7,13H,3-4H2,1-2H3;4-5,12-14H,2-3H2,1H3. The van der Waals surface area contributed by atoms with Gasteiger partial charge < -0.3 is 168 Å². The molecule has 0 heterocycles. The van der Waals surface area contributed by atoms with E-state index in [4.69, 9.17) is 53.2 Å². The van der Waals surface area contributed by atoms with Crippen molar-refractivity contribution in [3.63, 3.8) is 0 Å². The van der Waals surface area contributed by atoms with Gasteiger partial charge >= 0.3 is 0 Å². The zero-order valence-electron chi connectivity index (χ0n) is 81.8. The number of carbonyl (C=O) groups excluding carboxylic acids is 9.